The lowest BCUT2D eigenvalue weighted by Crippen LogP contribution is -2.43. The van der Waals surface area contributed by atoms with Gasteiger partial charge in [-0.3, -0.25) is 0 Å². The molecule has 1 atom stereocenters. The zero-order chi connectivity index (χ0) is 10.6. The Labute approximate surface area is 97.5 Å². The van der Waals surface area contributed by atoms with Crippen molar-refractivity contribution < 1.29 is 4.74 Å². The number of nitrogens with one attached hydrogen (secondary N) is 1. The van der Waals surface area contributed by atoms with Crippen LogP contribution in [-0.2, 0) is 4.74 Å². The fraction of sp³-hybridized carbons (Fsp3) is 1.00. The first-order valence-corrected chi connectivity index (χ1v) is 7.36. The van der Waals surface area contributed by atoms with Gasteiger partial charge in [-0.1, -0.05) is 0 Å². The highest BCUT2D eigenvalue weighted by molar-refractivity contribution is 7.99. The van der Waals surface area contributed by atoms with Gasteiger partial charge in [0.2, 0.25) is 0 Å². The number of thioether (sulfide) groups is 1. The lowest BCUT2D eigenvalue weighted by Gasteiger charge is -2.43. The number of rotatable bonds is 3. The monoisotopic (exact) mass is 229 g/mol. The van der Waals surface area contributed by atoms with Crippen molar-refractivity contribution in [2.75, 3.05) is 31.7 Å². The van der Waals surface area contributed by atoms with Gasteiger partial charge in [0.1, 0.15) is 0 Å². The van der Waals surface area contributed by atoms with E-state index in [0.717, 1.165) is 19.1 Å². The van der Waals surface area contributed by atoms with Crippen molar-refractivity contribution in [3.63, 3.8) is 0 Å². The van der Waals surface area contributed by atoms with Gasteiger partial charge >= 0.3 is 0 Å². The fourth-order valence-electron chi connectivity index (χ4n) is 2.82. The Hall–Kier alpha value is 0.270. The minimum atomic E-state index is 0.280. The summed E-state index contributed by atoms with van der Waals surface area (Å²) in [5, 5.41) is 3.26. The molecule has 1 spiro atoms. The molecule has 88 valence electrons. The number of ether oxygens (including phenoxy) is 1. The van der Waals surface area contributed by atoms with Gasteiger partial charge in [0.05, 0.1) is 5.60 Å². The molecule has 0 amide bonds. The topological polar surface area (TPSA) is 21.3 Å². The highest BCUT2D eigenvalue weighted by Crippen LogP contribution is 2.40. The summed E-state index contributed by atoms with van der Waals surface area (Å²) in [5.74, 6) is 3.51. The molecule has 1 unspecified atom stereocenters. The van der Waals surface area contributed by atoms with E-state index < -0.39 is 0 Å². The van der Waals surface area contributed by atoms with Crippen LogP contribution in [0.5, 0.6) is 0 Å². The van der Waals surface area contributed by atoms with Crippen molar-refractivity contribution in [1.29, 1.82) is 0 Å². The minimum Gasteiger partial charge on any atom is -0.375 e. The molecular weight excluding hydrogens is 206 g/mol. The van der Waals surface area contributed by atoms with Gasteiger partial charge in [-0.15, -0.1) is 0 Å². The SMILES string of the molecule is CNCCC1CCOC2(CCSCC2)C1. The normalized spacial score (nSPS) is 30.6. The second-order valence-electron chi connectivity index (χ2n) is 4.89. The molecule has 2 aliphatic rings. The van der Waals surface area contributed by atoms with Crippen LogP contribution in [0.1, 0.15) is 32.1 Å². The molecule has 2 nitrogen and oxygen atoms in total. The summed E-state index contributed by atoms with van der Waals surface area (Å²) >= 11 is 2.09. The Kier molecular flexibility index (Phi) is 4.35. The summed E-state index contributed by atoms with van der Waals surface area (Å²) in [4.78, 5) is 0. The summed E-state index contributed by atoms with van der Waals surface area (Å²) in [6.45, 7) is 2.16. The molecule has 0 aromatic heterocycles. The van der Waals surface area contributed by atoms with Crippen molar-refractivity contribution in [3.8, 4) is 0 Å². The van der Waals surface area contributed by atoms with E-state index in [4.69, 9.17) is 4.74 Å². The number of hydrogen-bond donors (Lipinski definition) is 1. The maximum absolute atomic E-state index is 6.08. The van der Waals surface area contributed by atoms with Gasteiger partial charge in [0.25, 0.3) is 0 Å². The van der Waals surface area contributed by atoms with E-state index in [1.807, 2.05) is 7.05 Å². The first-order chi connectivity index (χ1) is 7.35. The first kappa shape index (κ1) is 11.7. The maximum atomic E-state index is 6.08. The molecule has 2 fully saturated rings. The highest BCUT2D eigenvalue weighted by Gasteiger charge is 2.38. The average Bonchev–Trinajstić information content (AvgIpc) is 2.28. The predicted octanol–water partition coefficient (Wildman–Crippen LogP) is 2.29. The molecule has 2 aliphatic heterocycles. The maximum Gasteiger partial charge on any atom is 0.0700 e. The lowest BCUT2D eigenvalue weighted by atomic mass is 9.80. The van der Waals surface area contributed by atoms with E-state index in [2.05, 4.69) is 17.1 Å². The van der Waals surface area contributed by atoms with Gasteiger partial charge in [0.15, 0.2) is 0 Å². The minimum absolute atomic E-state index is 0.280. The molecule has 0 aromatic rings. The largest absolute Gasteiger partial charge is 0.375 e. The highest BCUT2D eigenvalue weighted by atomic mass is 32.2. The summed E-state index contributed by atoms with van der Waals surface area (Å²) in [7, 11) is 2.05. The van der Waals surface area contributed by atoms with Crippen molar-refractivity contribution in [3.05, 3.63) is 0 Å². The Morgan fingerprint density at radius 3 is 2.93 bits per heavy atom. The Morgan fingerprint density at radius 2 is 2.20 bits per heavy atom. The van der Waals surface area contributed by atoms with Crippen LogP contribution >= 0.6 is 11.8 Å². The van der Waals surface area contributed by atoms with Crippen LogP contribution in [0, 0.1) is 5.92 Å². The molecule has 2 saturated heterocycles. The van der Waals surface area contributed by atoms with Crippen LogP contribution in [0.3, 0.4) is 0 Å². The summed E-state index contributed by atoms with van der Waals surface area (Å²) in [6, 6.07) is 0. The van der Waals surface area contributed by atoms with Crippen LogP contribution in [0.15, 0.2) is 0 Å². The van der Waals surface area contributed by atoms with Crippen LogP contribution < -0.4 is 5.32 Å². The third kappa shape index (κ3) is 3.11. The van der Waals surface area contributed by atoms with Gasteiger partial charge < -0.3 is 10.1 Å². The van der Waals surface area contributed by atoms with E-state index in [1.54, 1.807) is 0 Å². The van der Waals surface area contributed by atoms with E-state index in [-0.39, 0.29) is 5.60 Å². The van der Waals surface area contributed by atoms with E-state index in [1.165, 1.54) is 43.6 Å². The molecule has 2 heterocycles. The van der Waals surface area contributed by atoms with Crippen molar-refractivity contribution >= 4 is 11.8 Å². The number of hydrogen-bond acceptors (Lipinski definition) is 3. The van der Waals surface area contributed by atoms with Crippen LogP contribution in [0.25, 0.3) is 0 Å². The molecule has 0 bridgehead atoms. The molecule has 2 rings (SSSR count). The predicted molar refractivity (Wildman–Crippen MR) is 66.5 cm³/mol. The average molecular weight is 229 g/mol. The molecule has 3 heteroatoms. The van der Waals surface area contributed by atoms with Gasteiger partial charge in [-0.25, -0.2) is 0 Å². The molecule has 0 radical (unpaired) electrons. The molecule has 0 aliphatic carbocycles. The fourth-order valence-corrected chi connectivity index (χ4v) is 4.05. The molecule has 0 saturated carbocycles. The Balaban J connectivity index is 1.85. The van der Waals surface area contributed by atoms with E-state index in [0.29, 0.717) is 0 Å². The third-order valence-electron chi connectivity index (χ3n) is 3.80. The molecule has 0 aromatic carbocycles. The summed E-state index contributed by atoms with van der Waals surface area (Å²) in [6.07, 6.45) is 6.49. The molecule has 15 heavy (non-hydrogen) atoms. The second-order valence-corrected chi connectivity index (χ2v) is 6.12. The van der Waals surface area contributed by atoms with E-state index in [9.17, 15) is 0 Å². The van der Waals surface area contributed by atoms with Crippen molar-refractivity contribution in [2.24, 2.45) is 5.92 Å². The van der Waals surface area contributed by atoms with Crippen molar-refractivity contribution in [1.82, 2.24) is 5.32 Å². The van der Waals surface area contributed by atoms with Gasteiger partial charge in [-0.2, -0.15) is 11.8 Å². The van der Waals surface area contributed by atoms with Gasteiger partial charge in [0, 0.05) is 6.61 Å². The Morgan fingerprint density at radius 1 is 1.40 bits per heavy atom. The van der Waals surface area contributed by atoms with Crippen molar-refractivity contribution in [2.45, 2.75) is 37.7 Å². The Bertz CT molecular complexity index is 187. The first-order valence-electron chi connectivity index (χ1n) is 6.21. The summed E-state index contributed by atoms with van der Waals surface area (Å²) in [5.41, 5.74) is 0.280. The third-order valence-corrected chi connectivity index (χ3v) is 4.79. The quantitative estimate of drug-likeness (QED) is 0.802. The molecular formula is C12H23NOS. The molecule has 1 N–H and O–H groups in total. The van der Waals surface area contributed by atoms with Crippen LogP contribution in [0.4, 0.5) is 0 Å². The second kappa shape index (κ2) is 5.55. The smallest absolute Gasteiger partial charge is 0.0700 e. The van der Waals surface area contributed by atoms with Crippen LogP contribution in [-0.4, -0.2) is 37.3 Å². The zero-order valence-electron chi connectivity index (χ0n) is 9.76. The summed E-state index contributed by atoms with van der Waals surface area (Å²) < 4.78 is 6.08. The standard InChI is InChI=1S/C12H23NOS/c1-13-6-2-11-3-7-14-12(10-11)4-8-15-9-5-12/h11,13H,2-10H2,1H3. The lowest BCUT2D eigenvalue weighted by molar-refractivity contribution is -0.103. The zero-order valence-corrected chi connectivity index (χ0v) is 10.6. The van der Waals surface area contributed by atoms with Gasteiger partial charge in [-0.05, 0) is 63.1 Å². The van der Waals surface area contributed by atoms with Crippen LogP contribution in [0.2, 0.25) is 0 Å². The van der Waals surface area contributed by atoms with E-state index >= 15 is 0 Å².